The van der Waals surface area contributed by atoms with Gasteiger partial charge in [-0.05, 0) is 44.0 Å². The maximum Gasteiger partial charge on any atom is 0.267 e. The van der Waals surface area contributed by atoms with Gasteiger partial charge in [-0.25, -0.2) is 0 Å². The highest BCUT2D eigenvalue weighted by atomic mass is 32.1. The van der Waals surface area contributed by atoms with Crippen LogP contribution >= 0.6 is 11.3 Å². The van der Waals surface area contributed by atoms with E-state index in [4.69, 9.17) is 4.74 Å². The minimum absolute atomic E-state index is 0.0971. The number of carbonyl (C=O) groups excluding carboxylic acids is 1. The SMILES string of the molecule is CNCC1CCCN(C(=O)c2sc(-c3ccccc3)cc2OC)C1. The number of hydrogen-bond acceptors (Lipinski definition) is 4. The fraction of sp³-hybridized carbons (Fsp3) is 0.421. The van der Waals surface area contributed by atoms with Crippen LogP contribution in [0.1, 0.15) is 22.5 Å². The van der Waals surface area contributed by atoms with Gasteiger partial charge in [0, 0.05) is 18.0 Å². The Hall–Kier alpha value is -1.85. The molecule has 3 rings (SSSR count). The summed E-state index contributed by atoms with van der Waals surface area (Å²) in [5.74, 6) is 1.31. The van der Waals surface area contributed by atoms with Crippen molar-refractivity contribution < 1.29 is 9.53 Å². The van der Waals surface area contributed by atoms with E-state index in [1.807, 2.05) is 36.2 Å². The van der Waals surface area contributed by atoms with Crippen LogP contribution in [0, 0.1) is 5.92 Å². The highest BCUT2D eigenvalue weighted by molar-refractivity contribution is 7.17. The van der Waals surface area contributed by atoms with E-state index in [0.717, 1.165) is 36.5 Å². The second-order valence-corrected chi connectivity index (χ2v) is 7.24. The molecule has 1 aliphatic heterocycles. The Morgan fingerprint density at radius 1 is 1.38 bits per heavy atom. The Morgan fingerprint density at radius 2 is 2.17 bits per heavy atom. The fourth-order valence-electron chi connectivity index (χ4n) is 3.27. The summed E-state index contributed by atoms with van der Waals surface area (Å²) in [5.41, 5.74) is 1.12. The quantitative estimate of drug-likeness (QED) is 0.903. The lowest BCUT2D eigenvalue weighted by molar-refractivity contribution is 0.0676. The summed E-state index contributed by atoms with van der Waals surface area (Å²) < 4.78 is 5.48. The molecule has 128 valence electrons. The van der Waals surface area contributed by atoms with Crippen molar-refractivity contribution >= 4 is 17.2 Å². The third kappa shape index (κ3) is 3.62. The molecule has 1 aromatic heterocycles. The number of thiophene rings is 1. The molecule has 24 heavy (non-hydrogen) atoms. The molecule has 1 N–H and O–H groups in total. The minimum Gasteiger partial charge on any atom is -0.495 e. The average Bonchev–Trinajstić information content (AvgIpc) is 3.07. The molecule has 1 saturated heterocycles. The van der Waals surface area contributed by atoms with E-state index in [1.54, 1.807) is 7.11 Å². The molecule has 2 heterocycles. The van der Waals surface area contributed by atoms with E-state index < -0.39 is 0 Å². The third-order valence-corrected chi connectivity index (χ3v) is 5.62. The molecule has 1 atom stereocenters. The topological polar surface area (TPSA) is 41.6 Å². The Balaban J connectivity index is 1.83. The molecule has 1 fully saturated rings. The fourth-order valence-corrected chi connectivity index (χ4v) is 4.37. The first-order valence-corrected chi connectivity index (χ1v) is 9.21. The summed E-state index contributed by atoms with van der Waals surface area (Å²) in [5, 5.41) is 3.22. The van der Waals surface area contributed by atoms with Crippen molar-refractivity contribution in [3.63, 3.8) is 0 Å². The summed E-state index contributed by atoms with van der Waals surface area (Å²) >= 11 is 1.52. The second-order valence-electron chi connectivity index (χ2n) is 6.19. The van der Waals surface area contributed by atoms with Crippen molar-refractivity contribution in [3.8, 4) is 16.2 Å². The first kappa shape index (κ1) is 17.0. The molecule has 0 spiro atoms. The molecule has 0 bridgehead atoms. The zero-order valence-corrected chi connectivity index (χ0v) is 15.1. The molecular formula is C19H24N2O2S. The van der Waals surface area contributed by atoms with Gasteiger partial charge in [-0.15, -0.1) is 11.3 Å². The number of carbonyl (C=O) groups is 1. The lowest BCUT2D eigenvalue weighted by Gasteiger charge is -2.32. The number of rotatable bonds is 5. The zero-order valence-electron chi connectivity index (χ0n) is 14.2. The van der Waals surface area contributed by atoms with E-state index in [-0.39, 0.29) is 5.91 Å². The van der Waals surface area contributed by atoms with E-state index in [1.165, 1.54) is 17.8 Å². The first-order valence-electron chi connectivity index (χ1n) is 8.40. The number of amides is 1. The largest absolute Gasteiger partial charge is 0.495 e. The van der Waals surface area contributed by atoms with Crippen molar-refractivity contribution in [2.24, 2.45) is 5.92 Å². The Kier molecular flexibility index (Phi) is 5.53. The van der Waals surface area contributed by atoms with E-state index in [2.05, 4.69) is 17.4 Å². The predicted molar refractivity (Wildman–Crippen MR) is 98.9 cm³/mol. The lowest BCUT2D eigenvalue weighted by Crippen LogP contribution is -2.42. The van der Waals surface area contributed by atoms with E-state index in [9.17, 15) is 4.79 Å². The maximum atomic E-state index is 13.0. The van der Waals surface area contributed by atoms with Crippen LogP contribution < -0.4 is 10.1 Å². The summed E-state index contributed by atoms with van der Waals surface area (Å²) in [6.07, 6.45) is 2.25. The van der Waals surface area contributed by atoms with Gasteiger partial charge < -0.3 is 15.0 Å². The molecular weight excluding hydrogens is 320 g/mol. The van der Waals surface area contributed by atoms with Crippen LogP contribution in [0.15, 0.2) is 36.4 Å². The van der Waals surface area contributed by atoms with Gasteiger partial charge >= 0.3 is 0 Å². The molecule has 0 aliphatic carbocycles. The summed E-state index contributed by atoms with van der Waals surface area (Å²) in [4.78, 5) is 16.8. The maximum absolute atomic E-state index is 13.0. The first-order chi connectivity index (χ1) is 11.7. The summed E-state index contributed by atoms with van der Waals surface area (Å²) in [6.45, 7) is 2.61. The Labute approximate surface area is 147 Å². The zero-order chi connectivity index (χ0) is 16.9. The monoisotopic (exact) mass is 344 g/mol. The van der Waals surface area contributed by atoms with Crippen LogP contribution in [0.3, 0.4) is 0 Å². The summed E-state index contributed by atoms with van der Waals surface area (Å²) in [7, 11) is 3.60. The van der Waals surface area contributed by atoms with Crippen molar-refractivity contribution in [1.29, 1.82) is 0 Å². The normalized spacial score (nSPS) is 17.8. The minimum atomic E-state index is 0.0971. The van der Waals surface area contributed by atoms with E-state index >= 15 is 0 Å². The molecule has 5 heteroatoms. The molecule has 1 unspecified atom stereocenters. The van der Waals surface area contributed by atoms with Crippen LogP contribution in [0.2, 0.25) is 0 Å². The van der Waals surface area contributed by atoms with Crippen LogP contribution in [0.25, 0.3) is 10.4 Å². The molecule has 0 saturated carbocycles. The number of ether oxygens (including phenoxy) is 1. The standard InChI is InChI=1S/C19H24N2O2S/c1-20-12-14-7-6-10-21(13-14)19(22)18-16(23-2)11-17(24-18)15-8-4-3-5-9-15/h3-5,8-9,11,14,20H,6-7,10,12-13H2,1-2H3. The van der Waals surface area contributed by atoms with Gasteiger partial charge in [0.15, 0.2) is 0 Å². The lowest BCUT2D eigenvalue weighted by atomic mass is 9.98. The molecule has 2 aromatic rings. The van der Waals surface area contributed by atoms with Gasteiger partial charge in [0.2, 0.25) is 0 Å². The van der Waals surface area contributed by atoms with Crippen LogP contribution in [-0.2, 0) is 0 Å². The molecule has 1 amide bonds. The number of nitrogens with one attached hydrogen (secondary N) is 1. The smallest absolute Gasteiger partial charge is 0.267 e. The molecule has 1 aliphatic rings. The number of likely N-dealkylation sites (tertiary alicyclic amines) is 1. The van der Waals surface area contributed by atoms with Crippen LogP contribution in [-0.4, -0.2) is 44.6 Å². The van der Waals surface area contributed by atoms with Gasteiger partial charge in [0.05, 0.1) is 7.11 Å². The number of piperidine rings is 1. The number of hydrogen-bond donors (Lipinski definition) is 1. The van der Waals surface area contributed by atoms with Crippen molar-refractivity contribution in [2.75, 3.05) is 33.8 Å². The average molecular weight is 344 g/mol. The van der Waals surface area contributed by atoms with Gasteiger partial charge in [-0.2, -0.15) is 0 Å². The highest BCUT2D eigenvalue weighted by Gasteiger charge is 2.27. The van der Waals surface area contributed by atoms with Crippen molar-refractivity contribution in [1.82, 2.24) is 10.2 Å². The van der Waals surface area contributed by atoms with Gasteiger partial charge in [0.1, 0.15) is 10.6 Å². The van der Waals surface area contributed by atoms with Gasteiger partial charge in [0.25, 0.3) is 5.91 Å². The number of methoxy groups -OCH3 is 1. The van der Waals surface area contributed by atoms with Gasteiger partial charge in [-0.3, -0.25) is 4.79 Å². The third-order valence-electron chi connectivity index (χ3n) is 4.47. The van der Waals surface area contributed by atoms with Gasteiger partial charge in [-0.1, -0.05) is 30.3 Å². The van der Waals surface area contributed by atoms with Crippen molar-refractivity contribution in [2.45, 2.75) is 12.8 Å². The van der Waals surface area contributed by atoms with E-state index in [0.29, 0.717) is 16.5 Å². The highest BCUT2D eigenvalue weighted by Crippen LogP contribution is 2.37. The predicted octanol–water partition coefficient (Wildman–Crippen LogP) is 3.50. The molecule has 1 aromatic carbocycles. The van der Waals surface area contributed by atoms with Crippen molar-refractivity contribution in [3.05, 3.63) is 41.3 Å². The number of benzene rings is 1. The molecule has 4 nitrogen and oxygen atoms in total. The Morgan fingerprint density at radius 3 is 2.88 bits per heavy atom. The summed E-state index contributed by atoms with van der Waals surface area (Å²) in [6, 6.07) is 12.1. The molecule has 0 radical (unpaired) electrons. The Bertz CT molecular complexity index is 682. The van der Waals surface area contributed by atoms with Crippen LogP contribution in [0.4, 0.5) is 0 Å². The van der Waals surface area contributed by atoms with Crippen LogP contribution in [0.5, 0.6) is 5.75 Å². The number of nitrogens with zero attached hydrogens (tertiary/aromatic N) is 1. The second kappa shape index (κ2) is 7.81.